The van der Waals surface area contributed by atoms with Gasteiger partial charge in [-0.1, -0.05) is 36.4 Å². The summed E-state index contributed by atoms with van der Waals surface area (Å²) in [5.41, 5.74) is 12.3. The number of rotatable bonds is 6. The molecule has 0 aliphatic carbocycles. The van der Waals surface area contributed by atoms with Crippen LogP contribution in [0.4, 0.5) is 11.4 Å². The van der Waals surface area contributed by atoms with Gasteiger partial charge < -0.3 is 11.5 Å². The second kappa shape index (κ2) is 7.91. The van der Waals surface area contributed by atoms with Gasteiger partial charge in [-0.2, -0.15) is 10.2 Å². The Hall–Kier alpha value is -3.02. The molecule has 136 valence electrons. The molecule has 6 nitrogen and oxygen atoms in total. The van der Waals surface area contributed by atoms with Gasteiger partial charge in [0, 0.05) is 0 Å². The molecule has 2 aromatic carbocycles. The van der Waals surface area contributed by atoms with Gasteiger partial charge >= 0.3 is 0 Å². The molecule has 0 fully saturated rings. The fourth-order valence-electron chi connectivity index (χ4n) is 1.91. The van der Waals surface area contributed by atoms with E-state index in [1.165, 1.54) is 0 Å². The van der Waals surface area contributed by atoms with Gasteiger partial charge in [-0.25, -0.2) is 9.98 Å². The van der Waals surface area contributed by atoms with Crippen LogP contribution in [0.3, 0.4) is 0 Å². The normalized spacial score (nSPS) is 14.0. The maximum atomic E-state index is 6.15. The zero-order valence-corrected chi connectivity index (χ0v) is 15.7. The number of amidine groups is 2. The molecule has 2 aromatic rings. The molecular formula is C20H26N6. The number of hydrogen-bond acceptors (Lipinski definition) is 4. The van der Waals surface area contributed by atoms with Crippen LogP contribution in [0.2, 0.25) is 0 Å². The predicted octanol–water partition coefficient (Wildman–Crippen LogP) is 4.37. The third-order valence-corrected chi connectivity index (χ3v) is 3.82. The lowest BCUT2D eigenvalue weighted by Crippen LogP contribution is -2.39. The van der Waals surface area contributed by atoms with Gasteiger partial charge in [-0.05, 0) is 52.0 Å². The van der Waals surface area contributed by atoms with Gasteiger partial charge in [0.2, 0.25) is 0 Å². The molecule has 0 aliphatic rings. The Morgan fingerprint density at radius 3 is 1.23 bits per heavy atom. The van der Waals surface area contributed by atoms with Gasteiger partial charge in [0.1, 0.15) is 22.7 Å². The minimum absolute atomic E-state index is 0.377. The Morgan fingerprint density at radius 2 is 0.923 bits per heavy atom. The van der Waals surface area contributed by atoms with E-state index in [2.05, 4.69) is 20.2 Å². The van der Waals surface area contributed by atoms with Gasteiger partial charge in [-0.3, -0.25) is 0 Å². The van der Waals surface area contributed by atoms with Crippen LogP contribution >= 0.6 is 0 Å². The third kappa shape index (κ3) is 5.24. The van der Waals surface area contributed by atoms with Gasteiger partial charge in [-0.15, -0.1) is 0 Å². The molecule has 0 unspecified atom stereocenters. The number of nitrogens with two attached hydrogens (primary N) is 2. The summed E-state index contributed by atoms with van der Waals surface area (Å²) in [5.74, 6) is 0.753. The summed E-state index contributed by atoms with van der Waals surface area (Å²) >= 11 is 0. The third-order valence-electron chi connectivity index (χ3n) is 3.82. The molecular weight excluding hydrogens is 324 g/mol. The molecule has 6 heteroatoms. The number of para-hydroxylation sites is 2. The number of hydrogen-bond donors (Lipinski definition) is 2. The average molecular weight is 350 g/mol. The molecule has 0 saturated heterocycles. The van der Waals surface area contributed by atoms with Crippen LogP contribution in [0.25, 0.3) is 0 Å². The zero-order valence-electron chi connectivity index (χ0n) is 15.7. The maximum Gasteiger partial charge on any atom is 0.133 e. The molecule has 0 amide bonds. The molecule has 0 radical (unpaired) electrons. The second-order valence-electron chi connectivity index (χ2n) is 6.98. The monoisotopic (exact) mass is 350 g/mol. The zero-order chi connectivity index (χ0) is 19.2. The van der Waals surface area contributed by atoms with Crippen LogP contribution in [0.1, 0.15) is 27.7 Å². The fraction of sp³-hybridized carbons (Fsp3) is 0.300. The molecule has 0 bridgehead atoms. The summed E-state index contributed by atoms with van der Waals surface area (Å²) in [6, 6.07) is 19.0. The minimum atomic E-state index is -0.764. The molecule has 0 spiro atoms. The van der Waals surface area contributed by atoms with Crippen molar-refractivity contribution < 1.29 is 0 Å². The molecule has 0 saturated carbocycles. The highest BCUT2D eigenvalue weighted by Gasteiger charge is 2.27. The summed E-state index contributed by atoms with van der Waals surface area (Å²) in [4.78, 5) is 8.85. The first-order chi connectivity index (χ1) is 12.2. The van der Waals surface area contributed by atoms with Crippen LogP contribution in [0.15, 0.2) is 80.9 Å². The number of azo groups is 1. The van der Waals surface area contributed by atoms with E-state index in [9.17, 15) is 0 Å². The van der Waals surface area contributed by atoms with E-state index in [-0.39, 0.29) is 0 Å². The smallest absolute Gasteiger partial charge is 0.133 e. The molecule has 26 heavy (non-hydrogen) atoms. The summed E-state index contributed by atoms with van der Waals surface area (Å²) in [5, 5.41) is 8.79. The van der Waals surface area contributed by atoms with Crippen molar-refractivity contribution >= 4 is 23.0 Å². The average Bonchev–Trinajstić information content (AvgIpc) is 2.62. The van der Waals surface area contributed by atoms with E-state index in [1.54, 1.807) is 0 Å². The van der Waals surface area contributed by atoms with E-state index in [1.807, 2.05) is 88.4 Å². The van der Waals surface area contributed by atoms with Crippen molar-refractivity contribution in [2.75, 3.05) is 0 Å². The van der Waals surface area contributed by atoms with Crippen LogP contribution < -0.4 is 11.5 Å². The first kappa shape index (κ1) is 19.3. The quantitative estimate of drug-likeness (QED) is 0.459. The highest BCUT2D eigenvalue weighted by Crippen LogP contribution is 2.20. The van der Waals surface area contributed by atoms with Crippen molar-refractivity contribution in [1.29, 1.82) is 0 Å². The lowest BCUT2D eigenvalue weighted by molar-refractivity contribution is 0.560. The van der Waals surface area contributed by atoms with Crippen molar-refractivity contribution in [3.05, 3.63) is 60.7 Å². The van der Waals surface area contributed by atoms with Crippen molar-refractivity contribution in [3.8, 4) is 0 Å². The van der Waals surface area contributed by atoms with Crippen LogP contribution in [-0.4, -0.2) is 22.7 Å². The Labute approximate surface area is 154 Å². The summed E-state index contributed by atoms with van der Waals surface area (Å²) in [6.07, 6.45) is 0. The standard InChI is InChI=1S/C20H26N6/c1-19(2,17(21)23-15-11-7-5-8-12-15)25-26-20(3,4)18(22)24-16-13-9-6-10-14-16/h5-14H,1-4H3,(H2,21,23)(H2,22,24). The summed E-state index contributed by atoms with van der Waals surface area (Å²) in [6.45, 7) is 7.44. The Bertz CT molecular complexity index is 735. The lowest BCUT2D eigenvalue weighted by Gasteiger charge is -2.22. The van der Waals surface area contributed by atoms with Crippen LogP contribution in [0, 0.1) is 0 Å². The Morgan fingerprint density at radius 1 is 0.615 bits per heavy atom. The van der Waals surface area contributed by atoms with Crippen molar-refractivity contribution in [1.82, 2.24) is 0 Å². The minimum Gasteiger partial charge on any atom is -0.385 e. The fourth-order valence-corrected chi connectivity index (χ4v) is 1.91. The molecule has 0 aromatic heterocycles. The largest absolute Gasteiger partial charge is 0.385 e. The molecule has 0 heterocycles. The lowest BCUT2D eigenvalue weighted by atomic mass is 10.0. The number of benzene rings is 2. The second-order valence-corrected chi connectivity index (χ2v) is 6.98. The van der Waals surface area contributed by atoms with E-state index >= 15 is 0 Å². The topological polar surface area (TPSA) is 101 Å². The highest BCUT2D eigenvalue weighted by molar-refractivity contribution is 5.92. The van der Waals surface area contributed by atoms with Crippen molar-refractivity contribution in [2.24, 2.45) is 31.7 Å². The molecule has 4 N–H and O–H groups in total. The Balaban J connectivity index is 2.20. The molecule has 0 atom stereocenters. The van der Waals surface area contributed by atoms with E-state index in [0.717, 1.165) is 11.4 Å². The van der Waals surface area contributed by atoms with E-state index in [4.69, 9.17) is 11.5 Å². The van der Waals surface area contributed by atoms with Crippen LogP contribution in [0.5, 0.6) is 0 Å². The van der Waals surface area contributed by atoms with Gasteiger partial charge in [0.05, 0.1) is 11.4 Å². The van der Waals surface area contributed by atoms with Crippen molar-refractivity contribution in [2.45, 2.75) is 38.8 Å². The first-order valence-corrected chi connectivity index (χ1v) is 8.44. The van der Waals surface area contributed by atoms with Crippen molar-refractivity contribution in [3.63, 3.8) is 0 Å². The molecule has 0 aliphatic heterocycles. The first-order valence-electron chi connectivity index (χ1n) is 8.44. The SMILES string of the molecule is CC(C)(N=NC(C)(C)C(N)=Nc1ccccc1)C(N)=Nc1ccccc1. The number of nitrogens with zero attached hydrogens (tertiary/aromatic N) is 4. The predicted molar refractivity (Wildman–Crippen MR) is 108 cm³/mol. The summed E-state index contributed by atoms with van der Waals surface area (Å²) in [7, 11) is 0. The maximum absolute atomic E-state index is 6.15. The van der Waals surface area contributed by atoms with E-state index in [0.29, 0.717) is 11.7 Å². The highest BCUT2D eigenvalue weighted by atomic mass is 15.2. The molecule has 2 rings (SSSR count). The Kier molecular flexibility index (Phi) is 5.87. The van der Waals surface area contributed by atoms with Gasteiger partial charge in [0.25, 0.3) is 0 Å². The number of aliphatic imine (C=N–C) groups is 2. The summed E-state index contributed by atoms with van der Waals surface area (Å²) < 4.78 is 0. The van der Waals surface area contributed by atoms with Crippen LogP contribution in [-0.2, 0) is 0 Å². The van der Waals surface area contributed by atoms with E-state index < -0.39 is 11.1 Å². The van der Waals surface area contributed by atoms with Gasteiger partial charge in [0.15, 0.2) is 0 Å².